The smallest absolute Gasteiger partial charge is 0.331 e. The minimum atomic E-state index is -4.37. The molecule has 206 valence electrons. The van der Waals surface area contributed by atoms with Gasteiger partial charge in [-0.25, -0.2) is 4.79 Å². The molecular formula is C27H36N4O6S. The summed E-state index contributed by atoms with van der Waals surface area (Å²) < 4.78 is 41.1. The zero-order valence-corrected chi connectivity index (χ0v) is 22.7. The van der Waals surface area contributed by atoms with Gasteiger partial charge in [0.2, 0.25) is 5.88 Å². The minimum Gasteiger partial charge on any atom is -0.495 e. The number of hydrogen-bond donors (Lipinski definition) is 2. The summed E-state index contributed by atoms with van der Waals surface area (Å²) in [5, 5.41) is 10.3. The molecule has 3 aromatic rings. The molecule has 1 aliphatic heterocycles. The summed E-state index contributed by atoms with van der Waals surface area (Å²) in [6.07, 6.45) is 3.24. The predicted molar refractivity (Wildman–Crippen MR) is 146 cm³/mol. The fourth-order valence-electron chi connectivity index (χ4n) is 4.99. The fraction of sp³-hybridized carbons (Fsp3) is 0.444. The standard InChI is InChI=1S/C27H36N4O6S/c1-21-9-10-25(38(34,35)36)22(19-21)11-14-30-20-26(32)31(27(30)33)13-6-5-12-28-15-17-29(18-16-28)23-7-3-4-8-24(23)37-2/h3-4,7-10,19-20,32H,5-6,11-18H2,1-2H3,(H,34,35,36). The summed E-state index contributed by atoms with van der Waals surface area (Å²) >= 11 is 0. The van der Waals surface area contributed by atoms with Gasteiger partial charge in [0.05, 0.1) is 23.9 Å². The van der Waals surface area contributed by atoms with Crippen molar-refractivity contribution in [3.05, 3.63) is 70.3 Å². The van der Waals surface area contributed by atoms with Crippen LogP contribution in [0.2, 0.25) is 0 Å². The molecule has 1 aromatic heterocycles. The SMILES string of the molecule is COc1ccccc1N1CCN(CCCCn2c(O)cn(CCc3cc(C)ccc3S(=O)(=O)O)c2=O)CC1. The maximum atomic E-state index is 12.9. The zero-order valence-electron chi connectivity index (χ0n) is 21.9. The molecule has 0 spiro atoms. The molecule has 38 heavy (non-hydrogen) atoms. The van der Waals surface area contributed by atoms with E-state index < -0.39 is 10.1 Å². The average Bonchev–Trinajstić information content (AvgIpc) is 3.17. The van der Waals surface area contributed by atoms with Gasteiger partial charge in [-0.2, -0.15) is 8.42 Å². The molecule has 2 aromatic carbocycles. The van der Waals surface area contributed by atoms with E-state index in [0.29, 0.717) is 12.1 Å². The first kappa shape index (κ1) is 27.7. The Morgan fingerprint density at radius 1 is 0.974 bits per heavy atom. The van der Waals surface area contributed by atoms with Crippen molar-refractivity contribution in [1.29, 1.82) is 0 Å². The Morgan fingerprint density at radius 3 is 2.39 bits per heavy atom. The van der Waals surface area contributed by atoms with E-state index in [1.807, 2.05) is 25.1 Å². The highest BCUT2D eigenvalue weighted by molar-refractivity contribution is 7.85. The lowest BCUT2D eigenvalue weighted by Gasteiger charge is -2.36. The molecule has 0 aliphatic carbocycles. The molecule has 0 unspecified atom stereocenters. The average molecular weight is 545 g/mol. The Hall–Kier alpha value is -3.28. The number of rotatable bonds is 11. The monoisotopic (exact) mass is 544 g/mol. The van der Waals surface area contributed by atoms with Crippen LogP contribution in [-0.4, -0.2) is 71.9 Å². The summed E-state index contributed by atoms with van der Waals surface area (Å²) in [7, 11) is -2.68. The van der Waals surface area contributed by atoms with Gasteiger partial charge >= 0.3 is 5.69 Å². The van der Waals surface area contributed by atoms with E-state index in [0.717, 1.165) is 62.6 Å². The Labute approximate surface area is 223 Å². The largest absolute Gasteiger partial charge is 0.495 e. The Kier molecular flexibility index (Phi) is 8.80. The molecule has 1 fully saturated rings. The van der Waals surface area contributed by atoms with Crippen molar-refractivity contribution in [2.75, 3.05) is 44.7 Å². The van der Waals surface area contributed by atoms with Gasteiger partial charge in [0.1, 0.15) is 5.75 Å². The van der Waals surface area contributed by atoms with Crippen LogP contribution >= 0.6 is 0 Å². The molecule has 0 bridgehead atoms. The Morgan fingerprint density at radius 2 is 1.68 bits per heavy atom. The second kappa shape index (κ2) is 12.1. The topological polar surface area (TPSA) is 117 Å². The lowest BCUT2D eigenvalue weighted by atomic mass is 10.1. The normalized spacial score (nSPS) is 14.7. The lowest BCUT2D eigenvalue weighted by molar-refractivity contribution is 0.249. The van der Waals surface area contributed by atoms with Crippen LogP contribution in [0.5, 0.6) is 11.6 Å². The van der Waals surface area contributed by atoms with Crippen molar-refractivity contribution in [3.63, 3.8) is 0 Å². The van der Waals surface area contributed by atoms with E-state index in [1.165, 1.54) is 21.4 Å². The van der Waals surface area contributed by atoms with Crippen LogP contribution in [0.3, 0.4) is 0 Å². The number of aryl methyl sites for hydroxylation is 3. The molecule has 10 nitrogen and oxygen atoms in total. The molecule has 0 atom stereocenters. The second-order valence-corrected chi connectivity index (χ2v) is 11.0. The molecule has 4 rings (SSSR count). The highest BCUT2D eigenvalue weighted by Gasteiger charge is 2.20. The number of unbranched alkanes of at least 4 members (excludes halogenated alkanes) is 1. The summed E-state index contributed by atoms with van der Waals surface area (Å²) in [5.41, 5.74) is 2.05. The van der Waals surface area contributed by atoms with Gasteiger partial charge in [0, 0.05) is 39.3 Å². The van der Waals surface area contributed by atoms with E-state index in [4.69, 9.17) is 4.74 Å². The minimum absolute atomic E-state index is 0.111. The molecule has 1 aliphatic rings. The molecule has 0 amide bonds. The summed E-state index contributed by atoms with van der Waals surface area (Å²) in [6.45, 7) is 7.07. The Bertz CT molecular complexity index is 1410. The highest BCUT2D eigenvalue weighted by atomic mass is 32.2. The highest BCUT2D eigenvalue weighted by Crippen LogP contribution is 2.28. The number of benzene rings is 2. The van der Waals surface area contributed by atoms with Crippen LogP contribution in [0.15, 0.2) is 58.4 Å². The van der Waals surface area contributed by atoms with Crippen LogP contribution in [0.25, 0.3) is 0 Å². The van der Waals surface area contributed by atoms with E-state index in [2.05, 4.69) is 15.9 Å². The Balaban J connectivity index is 1.26. The predicted octanol–water partition coefficient (Wildman–Crippen LogP) is 2.76. The summed E-state index contributed by atoms with van der Waals surface area (Å²) in [4.78, 5) is 17.4. The van der Waals surface area contributed by atoms with Gasteiger partial charge in [-0.3, -0.25) is 18.6 Å². The van der Waals surface area contributed by atoms with E-state index in [-0.39, 0.29) is 29.4 Å². The van der Waals surface area contributed by atoms with Crippen molar-refractivity contribution in [2.24, 2.45) is 0 Å². The number of aromatic hydroxyl groups is 1. The van der Waals surface area contributed by atoms with Gasteiger partial charge in [-0.1, -0.05) is 29.8 Å². The van der Waals surface area contributed by atoms with E-state index >= 15 is 0 Å². The summed E-state index contributed by atoms with van der Waals surface area (Å²) in [5.74, 6) is 0.774. The van der Waals surface area contributed by atoms with Crippen molar-refractivity contribution < 1.29 is 22.8 Å². The van der Waals surface area contributed by atoms with Crippen LogP contribution in [0, 0.1) is 6.92 Å². The maximum absolute atomic E-state index is 12.9. The van der Waals surface area contributed by atoms with Gasteiger partial charge in [-0.05, 0) is 56.5 Å². The maximum Gasteiger partial charge on any atom is 0.331 e. The van der Waals surface area contributed by atoms with Crippen LogP contribution in [-0.2, 0) is 29.6 Å². The molecule has 1 saturated heterocycles. The first-order valence-corrected chi connectivity index (χ1v) is 14.3. The van der Waals surface area contributed by atoms with Crippen molar-refractivity contribution >= 4 is 15.8 Å². The van der Waals surface area contributed by atoms with Crippen molar-refractivity contribution in [3.8, 4) is 11.6 Å². The first-order chi connectivity index (χ1) is 18.2. The van der Waals surface area contributed by atoms with Crippen molar-refractivity contribution in [2.45, 2.75) is 44.2 Å². The van der Waals surface area contributed by atoms with Crippen LogP contribution < -0.4 is 15.3 Å². The molecule has 2 N–H and O–H groups in total. The zero-order chi connectivity index (χ0) is 27.3. The van der Waals surface area contributed by atoms with E-state index in [9.17, 15) is 22.9 Å². The van der Waals surface area contributed by atoms with Gasteiger partial charge in [0.15, 0.2) is 0 Å². The third kappa shape index (κ3) is 6.58. The number of nitrogens with zero attached hydrogens (tertiary/aromatic N) is 4. The number of methoxy groups -OCH3 is 1. The molecular weight excluding hydrogens is 508 g/mol. The van der Waals surface area contributed by atoms with Crippen LogP contribution in [0.1, 0.15) is 24.0 Å². The fourth-order valence-corrected chi connectivity index (χ4v) is 5.72. The molecule has 11 heteroatoms. The molecule has 0 saturated carbocycles. The quantitative estimate of drug-likeness (QED) is 0.280. The number of piperazine rings is 1. The number of anilines is 1. The first-order valence-electron chi connectivity index (χ1n) is 12.8. The molecule has 0 radical (unpaired) electrons. The second-order valence-electron chi connectivity index (χ2n) is 9.66. The summed E-state index contributed by atoms with van der Waals surface area (Å²) in [6, 6.07) is 12.7. The number of ether oxygens (including phenoxy) is 1. The third-order valence-corrected chi connectivity index (χ3v) is 8.00. The lowest BCUT2D eigenvalue weighted by Crippen LogP contribution is -2.46. The van der Waals surface area contributed by atoms with Crippen LogP contribution in [0.4, 0.5) is 5.69 Å². The molecule has 2 heterocycles. The van der Waals surface area contributed by atoms with Gasteiger partial charge in [-0.15, -0.1) is 0 Å². The van der Waals surface area contributed by atoms with Gasteiger partial charge < -0.3 is 14.7 Å². The van der Waals surface area contributed by atoms with Crippen molar-refractivity contribution in [1.82, 2.24) is 14.0 Å². The van der Waals surface area contributed by atoms with E-state index in [1.54, 1.807) is 19.2 Å². The number of imidazole rings is 1. The third-order valence-electron chi connectivity index (χ3n) is 7.04. The number of hydrogen-bond acceptors (Lipinski definition) is 7. The number of para-hydroxylation sites is 2. The number of aromatic nitrogens is 2. The van der Waals surface area contributed by atoms with Gasteiger partial charge in [0.25, 0.3) is 10.1 Å².